The minimum absolute atomic E-state index is 0.0214. The van der Waals surface area contributed by atoms with Crippen LogP contribution in [-0.2, 0) is 32.7 Å². The first kappa shape index (κ1) is 35.9. The van der Waals surface area contributed by atoms with E-state index in [1.54, 1.807) is 7.11 Å². The van der Waals surface area contributed by atoms with Gasteiger partial charge in [-0.25, -0.2) is 0 Å². The van der Waals surface area contributed by atoms with Gasteiger partial charge < -0.3 is 18.3 Å². The number of hydrogen-bond acceptors (Lipinski definition) is 7. The zero-order valence-corrected chi connectivity index (χ0v) is 29.1. The number of rotatable bonds is 6. The van der Waals surface area contributed by atoms with E-state index in [9.17, 15) is 14.4 Å². The molecule has 0 spiro atoms. The van der Waals surface area contributed by atoms with Crippen molar-refractivity contribution in [1.82, 2.24) is 0 Å². The molecule has 0 aliphatic carbocycles. The Balaban J connectivity index is 3.75. The van der Waals surface area contributed by atoms with Gasteiger partial charge in [0.2, 0.25) is 0 Å². The van der Waals surface area contributed by atoms with Gasteiger partial charge >= 0.3 is 5.97 Å². The van der Waals surface area contributed by atoms with Crippen LogP contribution in [0, 0.1) is 11.8 Å². The minimum atomic E-state index is -2.29. The Hall–Kier alpha value is -1.14. The highest BCUT2D eigenvalue weighted by Crippen LogP contribution is 2.43. The maximum absolute atomic E-state index is 13.2. The Kier molecular flexibility index (Phi) is 12.6. The summed E-state index contributed by atoms with van der Waals surface area (Å²) in [5.41, 5.74) is 0.870. The lowest BCUT2D eigenvalue weighted by molar-refractivity contribution is -0.153. The van der Waals surface area contributed by atoms with E-state index in [0.717, 1.165) is 5.57 Å². The highest BCUT2D eigenvalue weighted by molar-refractivity contribution is 6.74. The molecule has 0 N–H and O–H groups in total. The average Bonchev–Trinajstić information content (AvgIpc) is 2.76. The fourth-order valence-corrected chi connectivity index (χ4v) is 7.26. The number of carbonyl (C=O) groups is 3. The molecule has 0 saturated heterocycles. The van der Waals surface area contributed by atoms with Crippen molar-refractivity contribution in [3.05, 3.63) is 11.6 Å². The molecule has 1 rings (SSSR count). The number of aldehydes is 1. The van der Waals surface area contributed by atoms with Gasteiger partial charge in [0.25, 0.3) is 0 Å². The SMILES string of the molecule is CO[C@@H]1/C=C(\C)C[C@H](C=O)OC(=O)CC(=O)C[C@H](O[Si](C)(C)C(C)(C)C)[C@@H](C)[C@H](O[Si](C)(C)C(C)(C)C)[C@@H]1C. The third kappa shape index (κ3) is 10.0. The zero-order chi connectivity index (χ0) is 30.6. The van der Waals surface area contributed by atoms with Crippen LogP contribution in [-0.4, -0.2) is 66.2 Å². The van der Waals surface area contributed by atoms with E-state index in [2.05, 4.69) is 81.6 Å². The second-order valence-corrected chi connectivity index (χ2v) is 24.0. The molecule has 1 heterocycles. The normalized spacial score (nSPS) is 30.7. The van der Waals surface area contributed by atoms with Crippen LogP contribution in [0.25, 0.3) is 0 Å². The summed E-state index contributed by atoms with van der Waals surface area (Å²) in [6.45, 7) is 28.1. The first-order chi connectivity index (χ1) is 17.6. The van der Waals surface area contributed by atoms with Crippen LogP contribution in [0.3, 0.4) is 0 Å². The van der Waals surface area contributed by atoms with Crippen molar-refractivity contribution in [2.45, 2.75) is 142 Å². The first-order valence-corrected chi connectivity index (χ1v) is 20.1. The Bertz CT molecular complexity index is 883. The minimum Gasteiger partial charge on any atom is -0.454 e. The van der Waals surface area contributed by atoms with Crippen LogP contribution in [0.2, 0.25) is 36.3 Å². The van der Waals surface area contributed by atoms with Crippen molar-refractivity contribution in [1.29, 1.82) is 0 Å². The van der Waals surface area contributed by atoms with Gasteiger partial charge in [0, 0.05) is 31.8 Å². The van der Waals surface area contributed by atoms with Gasteiger partial charge in [0.1, 0.15) is 12.2 Å². The summed E-state index contributed by atoms with van der Waals surface area (Å²) in [7, 11) is -2.86. The first-order valence-electron chi connectivity index (χ1n) is 14.3. The lowest BCUT2D eigenvalue weighted by Gasteiger charge is -2.47. The largest absolute Gasteiger partial charge is 0.454 e. The molecule has 0 radical (unpaired) electrons. The van der Waals surface area contributed by atoms with Crippen LogP contribution < -0.4 is 0 Å². The van der Waals surface area contributed by atoms with Crippen LogP contribution in [0.15, 0.2) is 11.6 Å². The fourth-order valence-electron chi connectivity index (χ4n) is 4.38. The van der Waals surface area contributed by atoms with E-state index in [1.807, 2.05) is 13.0 Å². The average molecular weight is 585 g/mol. The van der Waals surface area contributed by atoms with E-state index >= 15 is 0 Å². The Labute approximate surface area is 240 Å². The second-order valence-electron chi connectivity index (χ2n) is 14.5. The topological polar surface area (TPSA) is 88.1 Å². The van der Waals surface area contributed by atoms with Crippen LogP contribution >= 0.6 is 0 Å². The predicted octanol–water partition coefficient (Wildman–Crippen LogP) is 6.86. The summed E-state index contributed by atoms with van der Waals surface area (Å²) in [6, 6.07) is 0. The Morgan fingerprint density at radius 3 is 1.87 bits per heavy atom. The Morgan fingerprint density at radius 2 is 1.41 bits per heavy atom. The number of hydrogen-bond donors (Lipinski definition) is 0. The number of ketones is 1. The molecule has 0 aromatic rings. The van der Waals surface area contributed by atoms with Gasteiger partial charge in [-0.2, -0.15) is 0 Å². The predicted molar refractivity (Wildman–Crippen MR) is 162 cm³/mol. The van der Waals surface area contributed by atoms with Gasteiger partial charge in [0.05, 0.1) is 18.3 Å². The van der Waals surface area contributed by atoms with Crippen molar-refractivity contribution in [3.63, 3.8) is 0 Å². The number of methoxy groups -OCH3 is 1. The molecule has 0 aromatic carbocycles. The molecule has 7 nitrogen and oxygen atoms in total. The molecule has 1 aliphatic rings. The van der Waals surface area contributed by atoms with E-state index in [-0.39, 0.29) is 59.2 Å². The summed E-state index contributed by atoms with van der Waals surface area (Å²) in [6.07, 6.45) is 0.584. The lowest BCUT2D eigenvalue weighted by atomic mass is 9.83. The van der Waals surface area contributed by atoms with Crippen molar-refractivity contribution in [2.24, 2.45) is 11.8 Å². The maximum Gasteiger partial charge on any atom is 0.314 e. The summed E-state index contributed by atoms with van der Waals surface area (Å²) in [5, 5.41) is -0.0896. The molecule has 0 aromatic heterocycles. The number of esters is 1. The maximum atomic E-state index is 13.2. The highest BCUT2D eigenvalue weighted by atomic mass is 28.4. The summed E-state index contributed by atoms with van der Waals surface area (Å²) < 4.78 is 25.4. The molecule has 9 heteroatoms. The van der Waals surface area contributed by atoms with Crippen molar-refractivity contribution in [3.8, 4) is 0 Å². The summed E-state index contributed by atoms with van der Waals surface area (Å²) in [5.74, 6) is -1.17. The third-order valence-electron chi connectivity index (χ3n) is 9.08. The molecule has 6 atom stereocenters. The van der Waals surface area contributed by atoms with E-state index in [0.29, 0.717) is 6.29 Å². The van der Waals surface area contributed by atoms with Gasteiger partial charge in [-0.15, -0.1) is 0 Å². The number of cyclic esters (lactones) is 1. The zero-order valence-electron chi connectivity index (χ0n) is 27.1. The summed E-state index contributed by atoms with van der Waals surface area (Å²) >= 11 is 0. The fraction of sp³-hybridized carbons (Fsp3) is 0.833. The molecule has 0 bridgehead atoms. The van der Waals surface area contributed by atoms with Crippen LogP contribution in [0.1, 0.15) is 81.6 Å². The third-order valence-corrected chi connectivity index (χ3v) is 18.1. The molecule has 226 valence electrons. The van der Waals surface area contributed by atoms with E-state index in [1.165, 1.54) is 0 Å². The highest BCUT2D eigenvalue weighted by Gasteiger charge is 2.47. The molecular formula is C30H56O7Si2. The monoisotopic (exact) mass is 584 g/mol. The number of Topliss-reactive ketones (excluding diaryl/α,β-unsaturated/α-hetero) is 1. The standard InChI is InChI=1S/C30H56O7Si2/c1-20-15-24(19-31)35-27(33)18-23(32)17-26(36-38(11,12)29(4,5)6)22(3)28(21(2)25(16-20)34-10)37-39(13,14)30(7,8)9/h16,19,21-22,24-26,28H,15,17-18H2,1-14H3/b20-16+/t21-,22-,24-,25-,26+,28-/m1/s1. The van der Waals surface area contributed by atoms with Crippen LogP contribution in [0.5, 0.6) is 0 Å². The van der Waals surface area contributed by atoms with Crippen molar-refractivity contribution in [2.75, 3.05) is 7.11 Å². The molecule has 0 unspecified atom stereocenters. The van der Waals surface area contributed by atoms with Gasteiger partial charge in [-0.3, -0.25) is 14.4 Å². The lowest BCUT2D eigenvalue weighted by Crippen LogP contribution is -2.53. The summed E-state index contributed by atoms with van der Waals surface area (Å²) in [4.78, 5) is 37.5. The molecule has 0 amide bonds. The number of carbonyl (C=O) groups excluding carboxylic acids is 3. The van der Waals surface area contributed by atoms with Gasteiger partial charge in [-0.05, 0) is 43.2 Å². The number of ether oxygens (including phenoxy) is 2. The van der Waals surface area contributed by atoms with Crippen molar-refractivity contribution >= 4 is 34.7 Å². The second kappa shape index (κ2) is 13.7. The molecule has 1 aliphatic heterocycles. The molecule has 0 fully saturated rings. The van der Waals surface area contributed by atoms with E-state index in [4.69, 9.17) is 18.3 Å². The molecule has 39 heavy (non-hydrogen) atoms. The Morgan fingerprint density at radius 1 is 0.897 bits per heavy atom. The van der Waals surface area contributed by atoms with Gasteiger partial charge in [-0.1, -0.05) is 67.0 Å². The van der Waals surface area contributed by atoms with Gasteiger partial charge in [0.15, 0.2) is 29.0 Å². The molecular weight excluding hydrogens is 528 g/mol. The van der Waals surface area contributed by atoms with E-state index < -0.39 is 34.8 Å². The quantitative estimate of drug-likeness (QED) is 0.111. The smallest absolute Gasteiger partial charge is 0.314 e. The van der Waals surface area contributed by atoms with Crippen LogP contribution in [0.4, 0.5) is 0 Å². The molecule has 0 saturated carbocycles. The van der Waals surface area contributed by atoms with Crippen molar-refractivity contribution < 1.29 is 32.7 Å².